The molecule has 2 amide bonds. The van der Waals surface area contributed by atoms with Crippen LogP contribution in [0.1, 0.15) is 12.8 Å². The molecule has 0 radical (unpaired) electrons. The lowest BCUT2D eigenvalue weighted by Crippen LogP contribution is -2.49. The smallest absolute Gasteiger partial charge is 0.237 e. The minimum absolute atomic E-state index is 0.0851. The molecule has 2 aromatic rings. The van der Waals surface area contributed by atoms with E-state index >= 15 is 0 Å². The molecule has 28 heavy (non-hydrogen) atoms. The molecule has 4 rings (SSSR count). The Hall–Kier alpha value is -2.61. The van der Waals surface area contributed by atoms with Gasteiger partial charge in [0.05, 0.1) is 11.4 Å². The van der Waals surface area contributed by atoms with Gasteiger partial charge in [-0.05, 0) is 30.7 Å². The molecule has 4 heterocycles. The number of piperazine rings is 1. The number of amides is 2. The third-order valence-electron chi connectivity index (χ3n) is 5.05. The summed E-state index contributed by atoms with van der Waals surface area (Å²) in [6.45, 7) is 3.56. The lowest BCUT2D eigenvalue weighted by Gasteiger charge is -2.35. The fraction of sp³-hybridized carbons (Fsp3) is 0.400. The summed E-state index contributed by atoms with van der Waals surface area (Å²) in [5.41, 5.74) is 0.861. The highest BCUT2D eigenvalue weighted by Crippen LogP contribution is 2.33. The molecule has 0 aliphatic carbocycles. The molecule has 0 aromatic carbocycles. The Balaban J connectivity index is 1.26. The second-order valence-electron chi connectivity index (χ2n) is 6.82. The zero-order chi connectivity index (χ0) is 19.3. The Morgan fingerprint density at radius 1 is 1.04 bits per heavy atom. The molecule has 8 heteroatoms. The summed E-state index contributed by atoms with van der Waals surface area (Å²) in [5, 5.41) is 0.888. The van der Waals surface area contributed by atoms with E-state index in [4.69, 9.17) is 0 Å². The first-order valence-corrected chi connectivity index (χ1v) is 10.5. The highest BCUT2D eigenvalue weighted by molar-refractivity contribution is 8.00. The van der Waals surface area contributed by atoms with Crippen LogP contribution in [-0.2, 0) is 9.59 Å². The molecule has 7 nitrogen and oxygen atoms in total. The quantitative estimate of drug-likeness (QED) is 0.769. The van der Waals surface area contributed by atoms with Gasteiger partial charge in [-0.3, -0.25) is 9.59 Å². The van der Waals surface area contributed by atoms with Gasteiger partial charge in [0.25, 0.3) is 0 Å². The summed E-state index contributed by atoms with van der Waals surface area (Å²) in [6.07, 6.45) is 4.65. The average molecular weight is 398 g/mol. The van der Waals surface area contributed by atoms with Crippen molar-refractivity contribution in [3.63, 3.8) is 0 Å². The molecular weight excluding hydrogens is 374 g/mol. The molecule has 1 fully saturated rings. The van der Waals surface area contributed by atoms with Gasteiger partial charge >= 0.3 is 0 Å². The Morgan fingerprint density at radius 2 is 1.86 bits per heavy atom. The van der Waals surface area contributed by atoms with E-state index in [1.54, 1.807) is 17.3 Å². The molecular formula is C20H23N5O2S. The molecule has 2 aliphatic heterocycles. The van der Waals surface area contributed by atoms with Gasteiger partial charge in [0.1, 0.15) is 10.8 Å². The predicted molar refractivity (Wildman–Crippen MR) is 110 cm³/mol. The second-order valence-corrected chi connectivity index (χ2v) is 7.79. The summed E-state index contributed by atoms with van der Waals surface area (Å²) in [7, 11) is 0. The van der Waals surface area contributed by atoms with Gasteiger partial charge in [0.15, 0.2) is 0 Å². The third kappa shape index (κ3) is 4.11. The van der Waals surface area contributed by atoms with Crippen LogP contribution in [0.15, 0.2) is 47.8 Å². The number of rotatable bonds is 5. The second kappa shape index (κ2) is 8.60. The molecule has 0 saturated carbocycles. The first-order chi connectivity index (χ1) is 13.7. The van der Waals surface area contributed by atoms with Crippen molar-refractivity contribution < 1.29 is 9.59 Å². The molecule has 0 spiro atoms. The van der Waals surface area contributed by atoms with Crippen LogP contribution in [0.4, 0.5) is 11.5 Å². The van der Waals surface area contributed by atoms with Crippen molar-refractivity contribution in [1.29, 1.82) is 0 Å². The average Bonchev–Trinajstić information content (AvgIpc) is 2.76. The van der Waals surface area contributed by atoms with E-state index in [0.717, 1.165) is 29.6 Å². The van der Waals surface area contributed by atoms with E-state index in [1.807, 2.05) is 35.2 Å². The van der Waals surface area contributed by atoms with Crippen LogP contribution >= 0.6 is 11.8 Å². The minimum atomic E-state index is 0.0851. The Kier molecular flexibility index (Phi) is 5.76. The van der Waals surface area contributed by atoms with Crippen LogP contribution in [0, 0.1) is 0 Å². The van der Waals surface area contributed by atoms with Crippen molar-refractivity contribution in [2.75, 3.05) is 48.3 Å². The number of thioether (sulfide) groups is 1. The van der Waals surface area contributed by atoms with Gasteiger partial charge in [0.2, 0.25) is 11.8 Å². The summed E-state index contributed by atoms with van der Waals surface area (Å²) in [6, 6.07) is 9.65. The van der Waals surface area contributed by atoms with E-state index in [1.165, 1.54) is 11.8 Å². The van der Waals surface area contributed by atoms with Crippen molar-refractivity contribution in [2.45, 2.75) is 17.9 Å². The SMILES string of the molecule is O=C(CCCN1C(=O)CSc2ncccc21)N1CCN(c2ccccn2)CC1. The molecule has 1 saturated heterocycles. The molecule has 0 atom stereocenters. The first kappa shape index (κ1) is 18.7. The van der Waals surface area contributed by atoms with Gasteiger partial charge in [-0.15, -0.1) is 0 Å². The number of anilines is 2. The standard InChI is InChI=1S/C20H23N5O2S/c26-18(24-13-11-23(12-14-24)17-6-1-2-8-21-17)7-4-10-25-16-5-3-9-22-20(16)28-15-19(25)27/h1-3,5-6,8-9H,4,7,10-15H2. The minimum Gasteiger partial charge on any atom is -0.353 e. The highest BCUT2D eigenvalue weighted by Gasteiger charge is 2.26. The van der Waals surface area contributed by atoms with Gasteiger partial charge < -0.3 is 14.7 Å². The van der Waals surface area contributed by atoms with Crippen LogP contribution in [0.2, 0.25) is 0 Å². The topological polar surface area (TPSA) is 69.6 Å². The van der Waals surface area contributed by atoms with Crippen LogP contribution in [0.3, 0.4) is 0 Å². The number of pyridine rings is 2. The first-order valence-electron chi connectivity index (χ1n) is 9.54. The Morgan fingerprint density at radius 3 is 2.64 bits per heavy atom. The number of nitrogens with zero attached hydrogens (tertiary/aromatic N) is 5. The van der Waals surface area contributed by atoms with Crippen molar-refractivity contribution in [2.24, 2.45) is 0 Å². The summed E-state index contributed by atoms with van der Waals surface area (Å²) in [5.74, 6) is 1.61. The van der Waals surface area contributed by atoms with Crippen molar-refractivity contribution in [3.05, 3.63) is 42.7 Å². The summed E-state index contributed by atoms with van der Waals surface area (Å²) < 4.78 is 0. The zero-order valence-corrected chi connectivity index (χ0v) is 16.5. The van der Waals surface area contributed by atoms with E-state index in [-0.39, 0.29) is 11.8 Å². The molecule has 0 unspecified atom stereocenters. The molecule has 2 aliphatic rings. The monoisotopic (exact) mass is 397 g/mol. The molecule has 2 aromatic heterocycles. The molecule has 146 valence electrons. The lowest BCUT2D eigenvalue weighted by molar-refractivity contribution is -0.131. The fourth-order valence-corrected chi connectivity index (χ4v) is 4.44. The normalized spacial score (nSPS) is 16.9. The maximum atomic E-state index is 12.6. The van der Waals surface area contributed by atoms with Gasteiger partial charge in [-0.25, -0.2) is 9.97 Å². The van der Waals surface area contributed by atoms with E-state index in [0.29, 0.717) is 38.2 Å². The van der Waals surface area contributed by atoms with Crippen LogP contribution in [-0.4, -0.2) is 65.2 Å². The fourth-order valence-electron chi connectivity index (χ4n) is 3.56. The van der Waals surface area contributed by atoms with E-state index < -0.39 is 0 Å². The number of hydrogen-bond donors (Lipinski definition) is 0. The van der Waals surface area contributed by atoms with Gasteiger partial charge in [0, 0.05) is 51.5 Å². The maximum absolute atomic E-state index is 12.6. The Labute approximate surface area is 168 Å². The van der Waals surface area contributed by atoms with Crippen LogP contribution < -0.4 is 9.80 Å². The van der Waals surface area contributed by atoms with Crippen molar-refractivity contribution in [3.8, 4) is 0 Å². The number of fused-ring (bicyclic) bond motifs is 1. The largest absolute Gasteiger partial charge is 0.353 e. The molecule has 0 bridgehead atoms. The maximum Gasteiger partial charge on any atom is 0.237 e. The van der Waals surface area contributed by atoms with Crippen LogP contribution in [0.25, 0.3) is 0 Å². The third-order valence-corrected chi connectivity index (χ3v) is 6.03. The van der Waals surface area contributed by atoms with Crippen molar-refractivity contribution >= 4 is 35.1 Å². The number of carbonyl (C=O) groups is 2. The van der Waals surface area contributed by atoms with Gasteiger partial charge in [-0.1, -0.05) is 17.8 Å². The van der Waals surface area contributed by atoms with Crippen LogP contribution in [0.5, 0.6) is 0 Å². The summed E-state index contributed by atoms with van der Waals surface area (Å²) >= 11 is 1.47. The van der Waals surface area contributed by atoms with E-state index in [9.17, 15) is 9.59 Å². The number of aromatic nitrogens is 2. The zero-order valence-electron chi connectivity index (χ0n) is 15.7. The Bertz CT molecular complexity index is 839. The highest BCUT2D eigenvalue weighted by atomic mass is 32.2. The molecule has 0 N–H and O–H groups in total. The summed E-state index contributed by atoms with van der Waals surface area (Å²) in [4.78, 5) is 39.5. The lowest BCUT2D eigenvalue weighted by atomic mass is 10.2. The number of carbonyl (C=O) groups excluding carboxylic acids is 2. The van der Waals surface area contributed by atoms with Crippen molar-refractivity contribution in [1.82, 2.24) is 14.9 Å². The van der Waals surface area contributed by atoms with E-state index in [2.05, 4.69) is 14.9 Å². The van der Waals surface area contributed by atoms with Gasteiger partial charge in [-0.2, -0.15) is 0 Å². The number of hydrogen-bond acceptors (Lipinski definition) is 6. The predicted octanol–water partition coefficient (Wildman–Crippen LogP) is 2.04.